The summed E-state index contributed by atoms with van der Waals surface area (Å²) in [6.45, 7) is 8.18. The van der Waals surface area contributed by atoms with E-state index in [1.165, 1.54) is 19.1 Å². The third kappa shape index (κ3) is 2.90. The highest BCUT2D eigenvalue weighted by Crippen LogP contribution is 2.35. The predicted molar refractivity (Wildman–Crippen MR) is 97.3 cm³/mol. The van der Waals surface area contributed by atoms with Crippen molar-refractivity contribution in [3.05, 3.63) is 35.5 Å². The van der Waals surface area contributed by atoms with E-state index in [1.807, 2.05) is 36.2 Å². The van der Waals surface area contributed by atoms with E-state index in [4.69, 9.17) is 9.72 Å². The van der Waals surface area contributed by atoms with Crippen LogP contribution < -0.4 is 4.74 Å². The van der Waals surface area contributed by atoms with Crippen molar-refractivity contribution in [2.24, 2.45) is 0 Å². The fraction of sp³-hybridized carbons (Fsp3) is 0.368. The number of aryl methyl sites for hydroxylation is 1. The molecule has 0 atom stereocenters. The minimum Gasteiger partial charge on any atom is -0.491 e. The molecule has 0 radical (unpaired) electrons. The Hall–Kier alpha value is -3.03. The summed E-state index contributed by atoms with van der Waals surface area (Å²) in [4.78, 5) is 21.0. The van der Waals surface area contributed by atoms with Crippen LogP contribution in [0.2, 0.25) is 0 Å². The molecule has 27 heavy (non-hydrogen) atoms. The molecule has 8 heteroatoms. The lowest BCUT2D eigenvalue weighted by atomic mass is 10.1. The van der Waals surface area contributed by atoms with Crippen LogP contribution >= 0.6 is 0 Å². The van der Waals surface area contributed by atoms with Gasteiger partial charge in [-0.05, 0) is 33.8 Å². The predicted octanol–water partition coefficient (Wildman–Crippen LogP) is 3.43. The van der Waals surface area contributed by atoms with E-state index in [-0.39, 0.29) is 17.4 Å². The number of hydrogen-bond acceptors (Lipinski definition) is 5. The summed E-state index contributed by atoms with van der Waals surface area (Å²) in [5, 5.41) is 4.44. The number of rotatable bonds is 3. The zero-order chi connectivity index (χ0) is 19.3. The zero-order valence-corrected chi connectivity index (χ0v) is 15.7. The molecule has 3 heterocycles. The standard InChI is InChI=1S/C19H20FN5O2/c1-10(2)25-19(21-12(4)23-25)16-9-24-5-6-27-17-8-15(20)13(11(3)26)7-14(17)18(24)22-16/h7-10H,5-6H2,1-4H3. The average Bonchev–Trinajstić information content (AvgIpc) is 3.14. The Balaban J connectivity index is 1.90. The molecule has 0 bridgehead atoms. The third-order valence-electron chi connectivity index (χ3n) is 4.51. The normalized spacial score (nSPS) is 13.1. The summed E-state index contributed by atoms with van der Waals surface area (Å²) in [5.74, 6) is 1.43. The number of aromatic nitrogens is 5. The molecule has 1 aromatic carbocycles. The maximum Gasteiger partial charge on any atom is 0.178 e. The van der Waals surface area contributed by atoms with Gasteiger partial charge in [-0.3, -0.25) is 4.79 Å². The van der Waals surface area contributed by atoms with Crippen LogP contribution in [0, 0.1) is 12.7 Å². The van der Waals surface area contributed by atoms with Crippen LogP contribution in [0.3, 0.4) is 0 Å². The van der Waals surface area contributed by atoms with Crippen molar-refractivity contribution >= 4 is 5.78 Å². The van der Waals surface area contributed by atoms with E-state index in [0.29, 0.717) is 47.6 Å². The number of ketones is 1. The molecule has 1 aliphatic rings. The van der Waals surface area contributed by atoms with Crippen LogP contribution in [0.25, 0.3) is 22.9 Å². The van der Waals surface area contributed by atoms with Gasteiger partial charge in [0.2, 0.25) is 0 Å². The molecule has 0 N–H and O–H groups in total. The molecule has 0 saturated heterocycles. The zero-order valence-electron chi connectivity index (χ0n) is 15.7. The first-order chi connectivity index (χ1) is 12.8. The Labute approximate surface area is 155 Å². The first-order valence-corrected chi connectivity index (χ1v) is 8.83. The molecule has 7 nitrogen and oxygen atoms in total. The van der Waals surface area contributed by atoms with Gasteiger partial charge < -0.3 is 9.30 Å². The maximum atomic E-state index is 14.2. The minimum atomic E-state index is -0.586. The van der Waals surface area contributed by atoms with Crippen molar-refractivity contribution in [2.45, 2.75) is 40.3 Å². The Morgan fingerprint density at radius 1 is 1.26 bits per heavy atom. The summed E-state index contributed by atoms with van der Waals surface area (Å²) >= 11 is 0. The van der Waals surface area contributed by atoms with Crippen LogP contribution in [0.5, 0.6) is 5.75 Å². The van der Waals surface area contributed by atoms with Crippen LogP contribution in [-0.4, -0.2) is 36.7 Å². The topological polar surface area (TPSA) is 74.8 Å². The molecule has 0 aliphatic carbocycles. The number of imidazole rings is 1. The van der Waals surface area contributed by atoms with Crippen LogP contribution in [0.4, 0.5) is 4.39 Å². The average molecular weight is 369 g/mol. The van der Waals surface area contributed by atoms with Gasteiger partial charge in [0.05, 0.1) is 17.7 Å². The molecule has 0 unspecified atom stereocenters. The van der Waals surface area contributed by atoms with Crippen molar-refractivity contribution in [3.8, 4) is 28.7 Å². The van der Waals surface area contributed by atoms with Gasteiger partial charge in [0.1, 0.15) is 35.5 Å². The molecule has 140 valence electrons. The van der Waals surface area contributed by atoms with E-state index >= 15 is 0 Å². The van der Waals surface area contributed by atoms with Crippen molar-refractivity contribution < 1.29 is 13.9 Å². The van der Waals surface area contributed by atoms with Gasteiger partial charge in [-0.15, -0.1) is 0 Å². The highest BCUT2D eigenvalue weighted by atomic mass is 19.1. The summed E-state index contributed by atoms with van der Waals surface area (Å²) in [5.41, 5.74) is 1.30. The number of ether oxygens (including phenoxy) is 1. The minimum absolute atomic E-state index is 0.0246. The number of fused-ring (bicyclic) bond motifs is 3. The van der Waals surface area contributed by atoms with E-state index in [9.17, 15) is 9.18 Å². The Morgan fingerprint density at radius 3 is 2.74 bits per heavy atom. The van der Waals surface area contributed by atoms with Crippen molar-refractivity contribution in [2.75, 3.05) is 6.61 Å². The fourth-order valence-corrected chi connectivity index (χ4v) is 3.25. The van der Waals surface area contributed by atoms with Gasteiger partial charge in [-0.1, -0.05) is 0 Å². The molecular weight excluding hydrogens is 349 g/mol. The molecule has 0 saturated carbocycles. The number of carbonyl (C=O) groups excluding carboxylic acids is 1. The molecule has 3 aromatic rings. The number of Topliss-reactive ketones (excluding diaryl/α,β-unsaturated/α-hetero) is 1. The molecule has 1 aliphatic heterocycles. The highest BCUT2D eigenvalue weighted by Gasteiger charge is 2.24. The van der Waals surface area contributed by atoms with Crippen molar-refractivity contribution in [3.63, 3.8) is 0 Å². The van der Waals surface area contributed by atoms with Crippen molar-refractivity contribution in [1.82, 2.24) is 24.3 Å². The highest BCUT2D eigenvalue weighted by molar-refractivity contribution is 5.96. The SMILES string of the molecule is CC(=O)c1cc2c(cc1F)OCCn1cc(-c3nc(C)nn3C(C)C)nc1-2. The molecule has 2 aromatic heterocycles. The first kappa shape index (κ1) is 17.4. The quantitative estimate of drug-likeness (QED) is 0.661. The fourth-order valence-electron chi connectivity index (χ4n) is 3.25. The summed E-state index contributed by atoms with van der Waals surface area (Å²) in [6, 6.07) is 2.91. The number of benzene rings is 1. The van der Waals surface area contributed by atoms with Crippen LogP contribution in [-0.2, 0) is 6.54 Å². The van der Waals surface area contributed by atoms with Gasteiger partial charge in [0.15, 0.2) is 11.6 Å². The van der Waals surface area contributed by atoms with Crippen molar-refractivity contribution in [1.29, 1.82) is 0 Å². The van der Waals surface area contributed by atoms with E-state index in [2.05, 4.69) is 10.1 Å². The van der Waals surface area contributed by atoms with E-state index in [1.54, 1.807) is 0 Å². The molecular formula is C19H20FN5O2. The second kappa shape index (κ2) is 6.29. The Bertz CT molecular complexity index is 1050. The van der Waals surface area contributed by atoms with Crippen LogP contribution in [0.1, 0.15) is 43.0 Å². The number of hydrogen-bond donors (Lipinski definition) is 0. The Kier molecular flexibility index (Phi) is 4.05. The smallest absolute Gasteiger partial charge is 0.178 e. The maximum absolute atomic E-state index is 14.2. The third-order valence-corrected chi connectivity index (χ3v) is 4.51. The first-order valence-electron chi connectivity index (χ1n) is 8.83. The number of carbonyl (C=O) groups is 1. The summed E-state index contributed by atoms with van der Waals surface area (Å²) < 4.78 is 23.6. The van der Waals surface area contributed by atoms with E-state index < -0.39 is 5.82 Å². The number of halogens is 1. The lowest BCUT2D eigenvalue weighted by Gasteiger charge is -2.09. The molecule has 0 amide bonds. The molecule has 4 rings (SSSR count). The number of nitrogens with zero attached hydrogens (tertiary/aromatic N) is 5. The van der Waals surface area contributed by atoms with Gasteiger partial charge in [0, 0.05) is 18.3 Å². The lowest BCUT2D eigenvalue weighted by Crippen LogP contribution is -2.06. The lowest BCUT2D eigenvalue weighted by molar-refractivity contribution is 0.101. The summed E-state index contributed by atoms with van der Waals surface area (Å²) in [7, 11) is 0. The van der Waals surface area contributed by atoms with E-state index in [0.717, 1.165) is 0 Å². The van der Waals surface area contributed by atoms with Gasteiger partial charge >= 0.3 is 0 Å². The molecule has 0 spiro atoms. The van der Waals surface area contributed by atoms with Gasteiger partial charge in [-0.2, -0.15) is 5.10 Å². The van der Waals surface area contributed by atoms with Gasteiger partial charge in [0.25, 0.3) is 0 Å². The second-order valence-corrected chi connectivity index (χ2v) is 6.90. The summed E-state index contributed by atoms with van der Waals surface area (Å²) in [6.07, 6.45) is 1.90. The second-order valence-electron chi connectivity index (χ2n) is 6.90. The Morgan fingerprint density at radius 2 is 2.04 bits per heavy atom. The monoisotopic (exact) mass is 369 g/mol. The molecule has 0 fully saturated rings. The van der Waals surface area contributed by atoms with Gasteiger partial charge in [-0.25, -0.2) is 19.0 Å². The largest absolute Gasteiger partial charge is 0.491 e. The van der Waals surface area contributed by atoms with Crippen LogP contribution in [0.15, 0.2) is 18.3 Å².